The molecule has 0 bridgehead atoms. The fraction of sp³-hybridized carbons (Fsp3) is 0.333. The molecule has 1 atom stereocenters. The summed E-state index contributed by atoms with van der Waals surface area (Å²) in [6, 6.07) is 7.79. The van der Waals surface area contributed by atoms with Gasteiger partial charge in [-0.15, -0.1) is 0 Å². The van der Waals surface area contributed by atoms with Crippen LogP contribution in [0.2, 0.25) is 5.02 Å². The first-order chi connectivity index (χ1) is 16.5. The van der Waals surface area contributed by atoms with Gasteiger partial charge in [0.25, 0.3) is 11.8 Å². The molecule has 0 radical (unpaired) electrons. The number of halogens is 4. The van der Waals surface area contributed by atoms with Crippen molar-refractivity contribution in [2.24, 2.45) is 0 Å². The highest BCUT2D eigenvalue weighted by Crippen LogP contribution is 2.33. The highest BCUT2D eigenvalue weighted by atomic mass is 35.5. The Morgan fingerprint density at radius 1 is 1.03 bits per heavy atom. The number of nitrogens with one attached hydrogen (secondary N) is 1. The maximum absolute atomic E-state index is 13.0. The van der Waals surface area contributed by atoms with Gasteiger partial charge in [-0.05, 0) is 49.4 Å². The van der Waals surface area contributed by atoms with Crippen molar-refractivity contribution in [1.29, 1.82) is 0 Å². The Bertz CT molecular complexity index is 1390. The molecular formula is C21H20ClF3N2O7S2. The molecule has 0 aromatic heterocycles. The number of alkyl halides is 3. The lowest BCUT2D eigenvalue weighted by atomic mass is 10.1. The number of nitrogens with zero attached hydrogens (tertiary/aromatic N) is 1. The van der Waals surface area contributed by atoms with E-state index < -0.39 is 48.3 Å². The number of aliphatic hydroxyl groups is 1. The number of amides is 2. The second kappa shape index (κ2) is 9.65. The van der Waals surface area contributed by atoms with Gasteiger partial charge in [-0.1, -0.05) is 11.6 Å². The zero-order valence-electron chi connectivity index (χ0n) is 18.5. The molecule has 1 aliphatic heterocycles. The molecule has 2 aromatic carbocycles. The Morgan fingerprint density at radius 3 is 2.06 bits per heavy atom. The Morgan fingerprint density at radius 2 is 1.56 bits per heavy atom. The van der Waals surface area contributed by atoms with Gasteiger partial charge in [0.1, 0.15) is 0 Å². The normalized spacial score (nSPS) is 17.8. The monoisotopic (exact) mass is 568 g/mol. The first kappa shape index (κ1) is 27.9. The molecule has 196 valence electrons. The van der Waals surface area contributed by atoms with Gasteiger partial charge < -0.3 is 15.3 Å². The fourth-order valence-electron chi connectivity index (χ4n) is 3.15. The Hall–Kier alpha value is -2.68. The van der Waals surface area contributed by atoms with Gasteiger partial charge in [0.15, 0.2) is 9.84 Å². The minimum atomic E-state index is -5.26. The van der Waals surface area contributed by atoms with Gasteiger partial charge in [-0.25, -0.2) is 16.8 Å². The zero-order chi connectivity index (χ0) is 27.1. The van der Waals surface area contributed by atoms with Crippen LogP contribution in [-0.2, 0) is 24.5 Å². The molecule has 0 saturated carbocycles. The Kier molecular flexibility index (Phi) is 7.48. The van der Waals surface area contributed by atoms with Gasteiger partial charge in [0.2, 0.25) is 15.4 Å². The zero-order valence-corrected chi connectivity index (χ0v) is 20.9. The van der Waals surface area contributed by atoms with Crippen molar-refractivity contribution >= 4 is 48.8 Å². The maximum Gasteiger partial charge on any atom is 0.426 e. The second-order valence-corrected chi connectivity index (χ2v) is 12.8. The highest BCUT2D eigenvalue weighted by molar-refractivity contribution is 7.91. The molecule has 2 amide bonds. The third-order valence-electron chi connectivity index (χ3n) is 5.54. The number of hydrogen-bond donors (Lipinski definition) is 2. The summed E-state index contributed by atoms with van der Waals surface area (Å²) in [5.74, 6) is -2.57. The molecule has 1 fully saturated rings. The number of benzene rings is 2. The molecule has 2 N–H and O–H groups in total. The minimum absolute atomic E-state index is 0.0288. The number of rotatable bonds is 5. The molecule has 0 aliphatic carbocycles. The van der Waals surface area contributed by atoms with Crippen LogP contribution in [0.15, 0.2) is 52.3 Å². The smallest absolute Gasteiger partial charge is 0.373 e. The summed E-state index contributed by atoms with van der Waals surface area (Å²) in [6.45, 7) is 0.318. The standard InChI is InChI=1S/C21H20ClF3N2O7S2/c1-20(30,21(23,24)25)19(29)26-17-7-6-15(12-16(17)22)36(33,34)14-4-2-13(3-5-14)18(28)27-8-10-35(31,32)11-9-27/h2-7,12,30H,8-11H2,1H3,(H,26,29)/t20-/m1/s1. The van der Waals surface area contributed by atoms with Crippen LogP contribution in [0.1, 0.15) is 17.3 Å². The van der Waals surface area contributed by atoms with Crippen LogP contribution in [0.3, 0.4) is 0 Å². The van der Waals surface area contributed by atoms with Crippen LogP contribution < -0.4 is 5.32 Å². The molecule has 36 heavy (non-hydrogen) atoms. The van der Waals surface area contributed by atoms with Crippen LogP contribution in [0.25, 0.3) is 0 Å². The van der Waals surface area contributed by atoms with Crippen molar-refractivity contribution in [3.8, 4) is 0 Å². The van der Waals surface area contributed by atoms with E-state index in [2.05, 4.69) is 0 Å². The molecule has 0 unspecified atom stereocenters. The van der Waals surface area contributed by atoms with Crippen molar-refractivity contribution < 1.29 is 44.7 Å². The van der Waals surface area contributed by atoms with Gasteiger partial charge >= 0.3 is 6.18 Å². The van der Waals surface area contributed by atoms with E-state index in [0.717, 1.165) is 18.2 Å². The largest absolute Gasteiger partial charge is 0.426 e. The summed E-state index contributed by atoms with van der Waals surface area (Å²) in [7, 11) is -7.36. The van der Waals surface area contributed by atoms with Crippen molar-refractivity contribution in [2.75, 3.05) is 29.9 Å². The number of carbonyl (C=O) groups excluding carboxylic acids is 2. The van der Waals surface area contributed by atoms with Gasteiger partial charge in [-0.3, -0.25) is 9.59 Å². The molecule has 0 spiro atoms. The summed E-state index contributed by atoms with van der Waals surface area (Å²) in [5.41, 5.74) is -3.90. The van der Waals surface area contributed by atoms with E-state index in [-0.39, 0.29) is 52.6 Å². The van der Waals surface area contributed by atoms with E-state index in [1.807, 2.05) is 5.32 Å². The van der Waals surface area contributed by atoms with Gasteiger partial charge in [-0.2, -0.15) is 13.2 Å². The fourth-order valence-corrected chi connectivity index (χ4v) is 5.93. The summed E-state index contributed by atoms with van der Waals surface area (Å²) in [6.07, 6.45) is -5.26. The van der Waals surface area contributed by atoms with Crippen molar-refractivity contribution in [2.45, 2.75) is 28.5 Å². The maximum atomic E-state index is 13.0. The first-order valence-electron chi connectivity index (χ1n) is 10.2. The second-order valence-electron chi connectivity index (χ2n) is 8.14. The van der Waals surface area contributed by atoms with Gasteiger partial charge in [0.05, 0.1) is 32.0 Å². The van der Waals surface area contributed by atoms with Crippen molar-refractivity contribution in [3.05, 3.63) is 53.1 Å². The lowest BCUT2D eigenvalue weighted by molar-refractivity contribution is -0.242. The summed E-state index contributed by atoms with van der Waals surface area (Å²) < 4.78 is 87.5. The van der Waals surface area contributed by atoms with Crippen molar-refractivity contribution in [3.63, 3.8) is 0 Å². The molecule has 1 saturated heterocycles. The summed E-state index contributed by atoms with van der Waals surface area (Å²) in [4.78, 5) is 25.2. The predicted octanol–water partition coefficient (Wildman–Crippen LogP) is 2.30. The minimum Gasteiger partial charge on any atom is -0.373 e. The number of carbonyl (C=O) groups is 2. The van der Waals surface area contributed by atoms with E-state index >= 15 is 0 Å². The average Bonchev–Trinajstić information content (AvgIpc) is 2.79. The highest BCUT2D eigenvalue weighted by Gasteiger charge is 2.55. The van der Waals surface area contributed by atoms with E-state index in [4.69, 9.17) is 11.6 Å². The molecule has 9 nitrogen and oxygen atoms in total. The average molecular weight is 569 g/mol. The third-order valence-corrected chi connectivity index (χ3v) is 9.23. The predicted molar refractivity (Wildman–Crippen MR) is 123 cm³/mol. The molecule has 3 rings (SSSR count). The number of sulfone groups is 2. The third kappa shape index (κ3) is 5.66. The molecule has 1 heterocycles. The Balaban J connectivity index is 1.78. The summed E-state index contributed by atoms with van der Waals surface area (Å²) >= 11 is 5.97. The number of hydrogen-bond acceptors (Lipinski definition) is 7. The summed E-state index contributed by atoms with van der Waals surface area (Å²) in [5, 5.41) is 10.9. The number of anilines is 1. The van der Waals surface area contributed by atoms with Crippen LogP contribution in [0.5, 0.6) is 0 Å². The Labute approximate surface area is 209 Å². The molecule has 2 aromatic rings. The lowest BCUT2D eigenvalue weighted by Crippen LogP contribution is -2.52. The lowest BCUT2D eigenvalue weighted by Gasteiger charge is -2.26. The van der Waals surface area contributed by atoms with Crippen LogP contribution in [0.4, 0.5) is 18.9 Å². The topological polar surface area (TPSA) is 138 Å². The van der Waals surface area contributed by atoms with Crippen LogP contribution in [-0.4, -0.2) is 75.0 Å². The van der Waals surface area contributed by atoms with Gasteiger partial charge in [0, 0.05) is 18.7 Å². The van der Waals surface area contributed by atoms with Crippen LogP contribution >= 0.6 is 11.6 Å². The van der Waals surface area contributed by atoms with E-state index in [0.29, 0.717) is 0 Å². The van der Waals surface area contributed by atoms with E-state index in [1.54, 1.807) is 0 Å². The molecule has 1 aliphatic rings. The first-order valence-corrected chi connectivity index (χ1v) is 13.9. The van der Waals surface area contributed by atoms with Crippen molar-refractivity contribution in [1.82, 2.24) is 4.90 Å². The van der Waals surface area contributed by atoms with Crippen LogP contribution in [0, 0.1) is 0 Å². The molecule has 15 heteroatoms. The van der Waals surface area contributed by atoms with E-state index in [1.165, 1.54) is 29.2 Å². The van der Waals surface area contributed by atoms with E-state index in [9.17, 15) is 44.7 Å². The molecular weight excluding hydrogens is 549 g/mol. The quantitative estimate of drug-likeness (QED) is 0.564. The SMILES string of the molecule is C[C@@](O)(C(=O)Nc1ccc(S(=O)(=O)c2ccc(C(=O)N3CCS(=O)(=O)CC3)cc2)cc1Cl)C(F)(F)F.